The van der Waals surface area contributed by atoms with E-state index in [-0.39, 0.29) is 23.0 Å². The van der Waals surface area contributed by atoms with Crippen molar-refractivity contribution in [2.45, 2.75) is 6.54 Å². The summed E-state index contributed by atoms with van der Waals surface area (Å²) < 4.78 is 1.04. The van der Waals surface area contributed by atoms with E-state index in [0.717, 1.165) is 4.57 Å². The van der Waals surface area contributed by atoms with E-state index in [0.29, 0.717) is 10.9 Å². The molecule has 120 valence electrons. The van der Waals surface area contributed by atoms with Crippen molar-refractivity contribution in [1.29, 1.82) is 0 Å². The molecule has 0 aliphatic heterocycles. The van der Waals surface area contributed by atoms with Crippen LogP contribution in [0, 0.1) is 0 Å². The monoisotopic (exact) mass is 342 g/mol. The third-order valence-corrected chi connectivity index (χ3v) is 3.96. The van der Waals surface area contributed by atoms with Gasteiger partial charge in [-0.25, -0.2) is 9.78 Å². The van der Waals surface area contributed by atoms with Gasteiger partial charge in [-0.1, -0.05) is 41.9 Å². The number of carbonyl (C=O) groups is 2. The molecule has 6 nitrogen and oxygen atoms in total. The molecule has 0 saturated heterocycles. The molecule has 3 aromatic rings. The van der Waals surface area contributed by atoms with Gasteiger partial charge in [0.05, 0.1) is 11.6 Å². The number of hydrogen-bond acceptors (Lipinski definition) is 4. The standard InChI is InChI=1S/C17H11ClN2O4/c18-14-11-7-4-8-19-15(11)20(16(22)13(14)17(23)24)9-12(21)10-5-2-1-3-6-10/h1-8H,9H2,(H,23,24). The molecule has 3 rings (SSSR count). The molecular weight excluding hydrogens is 332 g/mol. The zero-order valence-corrected chi connectivity index (χ0v) is 13.0. The highest BCUT2D eigenvalue weighted by Crippen LogP contribution is 2.23. The Morgan fingerprint density at radius 2 is 1.83 bits per heavy atom. The lowest BCUT2D eigenvalue weighted by atomic mass is 10.1. The van der Waals surface area contributed by atoms with E-state index >= 15 is 0 Å². The van der Waals surface area contributed by atoms with Crippen molar-refractivity contribution < 1.29 is 14.7 Å². The Morgan fingerprint density at radius 1 is 1.12 bits per heavy atom. The summed E-state index contributed by atoms with van der Waals surface area (Å²) in [7, 11) is 0. The number of Topliss-reactive ketones (excluding diaryl/α,β-unsaturated/α-hetero) is 1. The van der Waals surface area contributed by atoms with Gasteiger partial charge in [-0.2, -0.15) is 0 Å². The largest absolute Gasteiger partial charge is 0.477 e. The first kappa shape index (κ1) is 15.9. The van der Waals surface area contributed by atoms with Crippen molar-refractivity contribution in [2.75, 3.05) is 0 Å². The Labute approximate surface area is 140 Å². The normalized spacial score (nSPS) is 10.7. The van der Waals surface area contributed by atoms with Crippen LogP contribution in [-0.4, -0.2) is 26.4 Å². The molecule has 0 spiro atoms. The summed E-state index contributed by atoms with van der Waals surface area (Å²) in [4.78, 5) is 40.4. The van der Waals surface area contributed by atoms with Gasteiger partial charge < -0.3 is 5.11 Å². The average molecular weight is 343 g/mol. The number of carboxylic acid groups (broad SMARTS) is 1. The number of carboxylic acids is 1. The summed E-state index contributed by atoms with van der Waals surface area (Å²) in [5, 5.41) is 9.40. The highest BCUT2D eigenvalue weighted by molar-refractivity contribution is 6.38. The second kappa shape index (κ2) is 6.25. The summed E-state index contributed by atoms with van der Waals surface area (Å²) >= 11 is 6.05. The number of nitrogens with zero attached hydrogens (tertiary/aromatic N) is 2. The fraction of sp³-hybridized carbons (Fsp3) is 0.0588. The quantitative estimate of drug-likeness (QED) is 0.736. The van der Waals surface area contributed by atoms with Crippen LogP contribution in [0.5, 0.6) is 0 Å². The molecule has 0 aliphatic rings. The number of aromatic carboxylic acids is 1. The van der Waals surface area contributed by atoms with E-state index in [1.807, 2.05) is 0 Å². The van der Waals surface area contributed by atoms with E-state index in [4.69, 9.17) is 11.6 Å². The number of halogens is 1. The molecule has 24 heavy (non-hydrogen) atoms. The molecule has 1 N–H and O–H groups in total. The molecule has 2 aromatic heterocycles. The van der Waals surface area contributed by atoms with Crippen molar-refractivity contribution in [3.63, 3.8) is 0 Å². The lowest BCUT2D eigenvalue weighted by Gasteiger charge is -2.12. The van der Waals surface area contributed by atoms with E-state index in [2.05, 4.69) is 4.98 Å². The molecule has 1 aromatic carbocycles. The van der Waals surface area contributed by atoms with Gasteiger partial charge in [0.25, 0.3) is 5.56 Å². The second-order valence-electron chi connectivity index (χ2n) is 5.05. The van der Waals surface area contributed by atoms with Crippen LogP contribution in [-0.2, 0) is 6.54 Å². The minimum absolute atomic E-state index is 0.168. The lowest BCUT2D eigenvalue weighted by molar-refractivity contribution is 0.0693. The predicted octanol–water partition coefficient (Wildman–Crippen LogP) is 2.63. The van der Waals surface area contributed by atoms with Gasteiger partial charge in [0.1, 0.15) is 11.2 Å². The fourth-order valence-electron chi connectivity index (χ4n) is 2.43. The van der Waals surface area contributed by atoms with Crippen LogP contribution in [0.1, 0.15) is 20.7 Å². The third-order valence-electron chi connectivity index (χ3n) is 3.57. The summed E-state index contributed by atoms with van der Waals surface area (Å²) in [5.41, 5.74) is -0.844. The first-order valence-electron chi connectivity index (χ1n) is 6.99. The molecule has 0 saturated carbocycles. The number of rotatable bonds is 4. The summed E-state index contributed by atoms with van der Waals surface area (Å²) in [6.07, 6.45) is 1.45. The topological polar surface area (TPSA) is 89.3 Å². The van der Waals surface area contributed by atoms with Crippen molar-refractivity contribution in [3.8, 4) is 0 Å². The maximum atomic E-state index is 12.5. The van der Waals surface area contributed by atoms with Gasteiger partial charge in [0.2, 0.25) is 0 Å². The van der Waals surface area contributed by atoms with Crippen molar-refractivity contribution in [2.24, 2.45) is 0 Å². The number of carbonyl (C=O) groups excluding carboxylic acids is 1. The molecule has 0 amide bonds. The van der Waals surface area contributed by atoms with Crippen LogP contribution in [0.3, 0.4) is 0 Å². The predicted molar refractivity (Wildman–Crippen MR) is 88.7 cm³/mol. The maximum Gasteiger partial charge on any atom is 0.342 e. The molecule has 0 aliphatic carbocycles. The van der Waals surface area contributed by atoms with E-state index in [1.165, 1.54) is 6.20 Å². The summed E-state index contributed by atoms with van der Waals surface area (Å²) in [6, 6.07) is 11.6. The number of benzene rings is 1. The van der Waals surface area contributed by atoms with Crippen molar-refractivity contribution in [3.05, 3.63) is 75.2 Å². The number of aromatic nitrogens is 2. The smallest absolute Gasteiger partial charge is 0.342 e. The first-order chi connectivity index (χ1) is 11.5. The van der Waals surface area contributed by atoms with E-state index < -0.39 is 17.1 Å². The van der Waals surface area contributed by atoms with Crippen LogP contribution in [0.4, 0.5) is 0 Å². The van der Waals surface area contributed by atoms with E-state index in [9.17, 15) is 19.5 Å². The Morgan fingerprint density at radius 3 is 2.50 bits per heavy atom. The minimum atomic E-state index is -1.45. The average Bonchev–Trinajstić information content (AvgIpc) is 2.59. The van der Waals surface area contributed by atoms with Gasteiger partial charge in [-0.05, 0) is 12.1 Å². The van der Waals surface area contributed by atoms with Crippen molar-refractivity contribution >= 4 is 34.4 Å². The molecule has 0 atom stereocenters. The maximum absolute atomic E-state index is 12.5. The van der Waals surface area contributed by atoms with Crippen LogP contribution in [0.2, 0.25) is 5.02 Å². The van der Waals surface area contributed by atoms with Gasteiger partial charge in [-0.3, -0.25) is 14.2 Å². The fourth-order valence-corrected chi connectivity index (χ4v) is 2.74. The van der Waals surface area contributed by atoms with Crippen LogP contribution < -0.4 is 5.56 Å². The van der Waals surface area contributed by atoms with Crippen LogP contribution in [0.15, 0.2) is 53.5 Å². The molecule has 0 fully saturated rings. The molecule has 0 bridgehead atoms. The summed E-state index contributed by atoms with van der Waals surface area (Å²) in [5.74, 6) is -1.78. The first-order valence-corrected chi connectivity index (χ1v) is 7.37. The Bertz CT molecular complexity index is 1010. The lowest BCUT2D eigenvalue weighted by Crippen LogP contribution is -2.30. The Kier molecular flexibility index (Phi) is 4.14. The van der Waals surface area contributed by atoms with Crippen LogP contribution in [0.25, 0.3) is 11.0 Å². The van der Waals surface area contributed by atoms with Crippen LogP contribution >= 0.6 is 11.6 Å². The number of pyridine rings is 2. The Balaban J connectivity index is 2.22. The number of hydrogen-bond donors (Lipinski definition) is 1. The van der Waals surface area contributed by atoms with E-state index in [1.54, 1.807) is 42.5 Å². The molecule has 7 heteroatoms. The SMILES string of the molecule is O=C(Cn1c(=O)c(C(=O)O)c(Cl)c2cccnc21)c1ccccc1. The van der Waals surface area contributed by atoms with Crippen molar-refractivity contribution in [1.82, 2.24) is 9.55 Å². The molecule has 2 heterocycles. The number of ketones is 1. The third kappa shape index (κ3) is 2.68. The van der Waals surface area contributed by atoms with Gasteiger partial charge >= 0.3 is 5.97 Å². The van der Waals surface area contributed by atoms with Gasteiger partial charge in [-0.15, -0.1) is 0 Å². The highest BCUT2D eigenvalue weighted by Gasteiger charge is 2.22. The van der Waals surface area contributed by atoms with Gasteiger partial charge in [0.15, 0.2) is 5.78 Å². The Hall–Kier alpha value is -2.99. The highest BCUT2D eigenvalue weighted by atomic mass is 35.5. The minimum Gasteiger partial charge on any atom is -0.477 e. The zero-order chi connectivity index (χ0) is 17.3. The molecular formula is C17H11ClN2O4. The zero-order valence-electron chi connectivity index (χ0n) is 12.3. The number of fused-ring (bicyclic) bond motifs is 1. The summed E-state index contributed by atoms with van der Waals surface area (Å²) in [6.45, 7) is -0.326. The second-order valence-corrected chi connectivity index (χ2v) is 5.43. The molecule has 0 radical (unpaired) electrons. The molecule has 0 unspecified atom stereocenters. The van der Waals surface area contributed by atoms with Gasteiger partial charge in [0, 0.05) is 17.1 Å².